The molecule has 2 aromatic carbocycles. The third-order valence-corrected chi connectivity index (χ3v) is 3.02. The number of primary amides is 1. The number of fused-ring (bicyclic) bond motifs is 1. The highest BCUT2D eigenvalue weighted by Crippen LogP contribution is 2.16. The fourth-order valence-corrected chi connectivity index (χ4v) is 1.92. The standard InChI is InChI=1S/C15H11N3O3/c16-14(19)9-1-4-11(5-2-9)18-15(20)10-3-6-13-12(7-10)17-8-21-13/h1-8H,(H2,16,19)(H,18,20). The molecule has 1 aromatic heterocycles. The molecule has 3 rings (SSSR count). The van der Waals surface area contributed by atoms with Crippen molar-refractivity contribution >= 4 is 28.6 Å². The van der Waals surface area contributed by atoms with Crippen molar-refractivity contribution in [2.45, 2.75) is 0 Å². The van der Waals surface area contributed by atoms with Gasteiger partial charge >= 0.3 is 0 Å². The molecule has 0 saturated heterocycles. The van der Waals surface area contributed by atoms with E-state index in [9.17, 15) is 9.59 Å². The SMILES string of the molecule is NC(=O)c1ccc(NC(=O)c2ccc3ocnc3c2)cc1. The molecular weight excluding hydrogens is 270 g/mol. The van der Waals surface area contributed by atoms with Gasteiger partial charge in [-0.05, 0) is 42.5 Å². The molecule has 6 nitrogen and oxygen atoms in total. The van der Waals surface area contributed by atoms with Crippen LogP contribution in [0.5, 0.6) is 0 Å². The molecule has 0 atom stereocenters. The fraction of sp³-hybridized carbons (Fsp3) is 0. The summed E-state index contributed by atoms with van der Waals surface area (Å²) in [5.41, 5.74) is 7.82. The van der Waals surface area contributed by atoms with Crippen molar-refractivity contribution in [1.82, 2.24) is 4.98 Å². The summed E-state index contributed by atoms with van der Waals surface area (Å²) in [6.45, 7) is 0. The van der Waals surface area contributed by atoms with Gasteiger partial charge in [-0.3, -0.25) is 9.59 Å². The van der Waals surface area contributed by atoms with Gasteiger partial charge in [0.15, 0.2) is 12.0 Å². The first kappa shape index (κ1) is 12.9. The summed E-state index contributed by atoms with van der Waals surface area (Å²) < 4.78 is 5.12. The second kappa shape index (κ2) is 5.09. The van der Waals surface area contributed by atoms with E-state index in [1.54, 1.807) is 42.5 Å². The van der Waals surface area contributed by atoms with E-state index in [-0.39, 0.29) is 5.91 Å². The first-order valence-corrected chi connectivity index (χ1v) is 6.18. The predicted molar refractivity (Wildman–Crippen MR) is 76.9 cm³/mol. The molecule has 21 heavy (non-hydrogen) atoms. The van der Waals surface area contributed by atoms with E-state index in [1.807, 2.05) is 0 Å². The average Bonchev–Trinajstić information content (AvgIpc) is 2.95. The molecule has 0 aliphatic carbocycles. The molecule has 0 unspecified atom stereocenters. The molecule has 0 saturated carbocycles. The first-order chi connectivity index (χ1) is 10.1. The van der Waals surface area contributed by atoms with E-state index < -0.39 is 5.91 Å². The number of benzene rings is 2. The number of nitrogens with zero attached hydrogens (tertiary/aromatic N) is 1. The second-order valence-corrected chi connectivity index (χ2v) is 4.43. The molecule has 2 amide bonds. The normalized spacial score (nSPS) is 10.5. The number of nitrogens with one attached hydrogen (secondary N) is 1. The highest BCUT2D eigenvalue weighted by molar-refractivity contribution is 6.06. The highest BCUT2D eigenvalue weighted by Gasteiger charge is 2.09. The van der Waals surface area contributed by atoms with Crippen LogP contribution in [0.1, 0.15) is 20.7 Å². The first-order valence-electron chi connectivity index (χ1n) is 6.18. The van der Waals surface area contributed by atoms with Crippen LogP contribution in [-0.4, -0.2) is 16.8 Å². The van der Waals surface area contributed by atoms with E-state index in [2.05, 4.69) is 10.3 Å². The van der Waals surface area contributed by atoms with Gasteiger partial charge in [-0.15, -0.1) is 0 Å². The lowest BCUT2D eigenvalue weighted by Gasteiger charge is -2.05. The van der Waals surface area contributed by atoms with Crippen LogP contribution < -0.4 is 11.1 Å². The van der Waals surface area contributed by atoms with Gasteiger partial charge in [0.05, 0.1) is 0 Å². The monoisotopic (exact) mass is 281 g/mol. The van der Waals surface area contributed by atoms with Crippen molar-refractivity contribution in [2.24, 2.45) is 5.73 Å². The quantitative estimate of drug-likeness (QED) is 0.768. The topological polar surface area (TPSA) is 98.2 Å². The van der Waals surface area contributed by atoms with Crippen molar-refractivity contribution in [3.8, 4) is 0 Å². The number of aromatic nitrogens is 1. The van der Waals surface area contributed by atoms with Crippen molar-refractivity contribution in [2.75, 3.05) is 5.32 Å². The number of oxazole rings is 1. The highest BCUT2D eigenvalue weighted by atomic mass is 16.3. The lowest BCUT2D eigenvalue weighted by molar-refractivity contribution is 0.0998. The van der Waals surface area contributed by atoms with Gasteiger partial charge in [-0.1, -0.05) is 0 Å². The van der Waals surface area contributed by atoms with Crippen LogP contribution in [-0.2, 0) is 0 Å². The Balaban J connectivity index is 1.80. The molecule has 0 radical (unpaired) electrons. The zero-order valence-corrected chi connectivity index (χ0v) is 10.9. The maximum Gasteiger partial charge on any atom is 0.255 e. The van der Waals surface area contributed by atoms with Gasteiger partial charge in [0, 0.05) is 16.8 Å². The Kier molecular flexibility index (Phi) is 3.12. The van der Waals surface area contributed by atoms with Crippen LogP contribution in [0.3, 0.4) is 0 Å². The van der Waals surface area contributed by atoms with E-state index in [0.29, 0.717) is 27.9 Å². The van der Waals surface area contributed by atoms with Crippen LogP contribution in [0.25, 0.3) is 11.1 Å². The van der Waals surface area contributed by atoms with E-state index >= 15 is 0 Å². The Hall–Kier alpha value is -3.15. The number of carbonyl (C=O) groups is 2. The van der Waals surface area contributed by atoms with Crippen LogP contribution in [0.15, 0.2) is 53.3 Å². The largest absolute Gasteiger partial charge is 0.443 e. The molecule has 0 spiro atoms. The maximum absolute atomic E-state index is 12.1. The minimum absolute atomic E-state index is 0.272. The number of carbonyl (C=O) groups excluding carboxylic acids is 2. The Morgan fingerprint density at radius 1 is 1.05 bits per heavy atom. The second-order valence-electron chi connectivity index (χ2n) is 4.43. The summed E-state index contributed by atoms with van der Waals surface area (Å²) in [5, 5.41) is 2.73. The van der Waals surface area contributed by atoms with E-state index in [1.165, 1.54) is 6.39 Å². The van der Waals surface area contributed by atoms with Gasteiger partial charge in [-0.25, -0.2) is 4.98 Å². The van der Waals surface area contributed by atoms with Crippen molar-refractivity contribution in [3.05, 3.63) is 60.0 Å². The summed E-state index contributed by atoms with van der Waals surface area (Å²) in [5.74, 6) is -0.781. The van der Waals surface area contributed by atoms with Crippen LogP contribution in [0.2, 0.25) is 0 Å². The summed E-state index contributed by atoms with van der Waals surface area (Å²) in [4.78, 5) is 27.1. The summed E-state index contributed by atoms with van der Waals surface area (Å²) >= 11 is 0. The fourth-order valence-electron chi connectivity index (χ4n) is 1.92. The lowest BCUT2D eigenvalue weighted by Crippen LogP contribution is -2.13. The van der Waals surface area contributed by atoms with Gasteiger partial charge in [0.1, 0.15) is 5.52 Å². The van der Waals surface area contributed by atoms with Gasteiger partial charge in [0.2, 0.25) is 5.91 Å². The smallest absolute Gasteiger partial charge is 0.255 e. The van der Waals surface area contributed by atoms with Gasteiger partial charge in [-0.2, -0.15) is 0 Å². The van der Waals surface area contributed by atoms with Crippen molar-refractivity contribution in [1.29, 1.82) is 0 Å². The number of amides is 2. The van der Waals surface area contributed by atoms with Crippen molar-refractivity contribution in [3.63, 3.8) is 0 Å². The van der Waals surface area contributed by atoms with Gasteiger partial charge in [0.25, 0.3) is 5.91 Å². The Morgan fingerprint density at radius 2 is 1.76 bits per heavy atom. The van der Waals surface area contributed by atoms with E-state index in [4.69, 9.17) is 10.2 Å². The lowest BCUT2D eigenvalue weighted by atomic mass is 10.1. The molecule has 104 valence electrons. The zero-order valence-electron chi connectivity index (χ0n) is 10.9. The number of anilines is 1. The van der Waals surface area contributed by atoms with Crippen molar-refractivity contribution < 1.29 is 14.0 Å². The summed E-state index contributed by atoms with van der Waals surface area (Å²) in [6.07, 6.45) is 1.33. The molecule has 0 aliphatic rings. The molecule has 3 aromatic rings. The predicted octanol–water partition coefficient (Wildman–Crippen LogP) is 2.18. The number of hydrogen-bond donors (Lipinski definition) is 2. The zero-order chi connectivity index (χ0) is 14.8. The maximum atomic E-state index is 12.1. The molecule has 0 fully saturated rings. The molecule has 0 aliphatic heterocycles. The Labute approximate surface area is 119 Å². The Morgan fingerprint density at radius 3 is 2.48 bits per heavy atom. The molecule has 0 bridgehead atoms. The summed E-state index contributed by atoms with van der Waals surface area (Å²) in [7, 11) is 0. The van der Waals surface area contributed by atoms with E-state index in [0.717, 1.165) is 0 Å². The molecule has 6 heteroatoms. The average molecular weight is 281 g/mol. The van der Waals surface area contributed by atoms with Crippen LogP contribution >= 0.6 is 0 Å². The number of rotatable bonds is 3. The minimum atomic E-state index is -0.510. The van der Waals surface area contributed by atoms with Crippen LogP contribution in [0, 0.1) is 0 Å². The number of nitrogens with two attached hydrogens (primary N) is 1. The summed E-state index contributed by atoms with van der Waals surface area (Å²) in [6, 6.07) is 11.3. The van der Waals surface area contributed by atoms with Gasteiger partial charge < -0.3 is 15.5 Å². The van der Waals surface area contributed by atoms with Crippen LogP contribution in [0.4, 0.5) is 5.69 Å². The minimum Gasteiger partial charge on any atom is -0.443 e. The Bertz CT molecular complexity index is 822. The molecular formula is C15H11N3O3. The third kappa shape index (κ3) is 2.59. The molecule has 3 N–H and O–H groups in total. The molecule has 1 heterocycles. The number of hydrogen-bond acceptors (Lipinski definition) is 4. The third-order valence-electron chi connectivity index (χ3n) is 3.02.